The van der Waals surface area contributed by atoms with E-state index in [9.17, 15) is 4.79 Å². The van der Waals surface area contributed by atoms with Crippen LogP contribution < -0.4 is 15.8 Å². The molecule has 0 spiro atoms. The topological polar surface area (TPSA) is 77.2 Å². The van der Waals surface area contributed by atoms with Crippen LogP contribution in [0.2, 0.25) is 0 Å². The minimum atomic E-state index is -0.308. The molecule has 0 saturated carbocycles. The average Bonchev–Trinajstić information content (AvgIpc) is 2.55. The third-order valence-electron chi connectivity index (χ3n) is 3.32. The van der Waals surface area contributed by atoms with Crippen molar-refractivity contribution in [3.8, 4) is 5.75 Å². The highest BCUT2D eigenvalue weighted by Gasteiger charge is 2.16. The molecule has 5 nitrogen and oxygen atoms in total. The number of nitrogen functional groups attached to an aromatic ring is 1. The predicted octanol–water partition coefficient (Wildman–Crippen LogP) is 2.42. The smallest absolute Gasteiger partial charge is 0.179 e. The van der Waals surface area contributed by atoms with Gasteiger partial charge in [0.25, 0.3) is 0 Å². The molecule has 0 aliphatic heterocycles. The molecule has 116 valence electrons. The van der Waals surface area contributed by atoms with E-state index in [-0.39, 0.29) is 11.8 Å². The fourth-order valence-corrected chi connectivity index (χ4v) is 2.11. The first-order valence-electron chi connectivity index (χ1n) is 7.30. The first-order valence-corrected chi connectivity index (χ1v) is 7.30. The summed E-state index contributed by atoms with van der Waals surface area (Å²) in [6.45, 7) is 4.86. The van der Waals surface area contributed by atoms with Gasteiger partial charge >= 0.3 is 0 Å². The summed E-state index contributed by atoms with van der Waals surface area (Å²) >= 11 is 0. The van der Waals surface area contributed by atoms with Crippen molar-refractivity contribution in [2.24, 2.45) is 0 Å². The lowest BCUT2D eigenvalue weighted by Gasteiger charge is -2.14. The third-order valence-corrected chi connectivity index (χ3v) is 3.32. The standard InChI is InChI=1S/C17H21N3O2/c1-3-22-16-7-6-14(9-15(16)18)17(21)12(2)20-11-13-5-4-8-19-10-13/h4-10,12,20H,3,11,18H2,1-2H3. The van der Waals surface area contributed by atoms with E-state index in [4.69, 9.17) is 10.5 Å². The van der Waals surface area contributed by atoms with Crippen molar-refractivity contribution in [1.82, 2.24) is 10.3 Å². The molecule has 0 fully saturated rings. The Morgan fingerprint density at radius 3 is 2.86 bits per heavy atom. The van der Waals surface area contributed by atoms with E-state index in [1.165, 1.54) is 0 Å². The fraction of sp³-hybridized carbons (Fsp3) is 0.294. The number of ether oxygens (including phenoxy) is 1. The summed E-state index contributed by atoms with van der Waals surface area (Å²) in [5, 5.41) is 3.19. The molecule has 0 amide bonds. The molecule has 2 aromatic rings. The Bertz CT molecular complexity index is 629. The molecule has 0 saturated heterocycles. The van der Waals surface area contributed by atoms with Crippen molar-refractivity contribution in [3.05, 3.63) is 53.9 Å². The summed E-state index contributed by atoms with van der Waals surface area (Å²) in [5.41, 5.74) is 7.99. The van der Waals surface area contributed by atoms with Gasteiger partial charge in [0.15, 0.2) is 5.78 Å². The molecule has 3 N–H and O–H groups in total. The van der Waals surface area contributed by atoms with Crippen molar-refractivity contribution in [2.75, 3.05) is 12.3 Å². The first kappa shape index (κ1) is 16.0. The van der Waals surface area contributed by atoms with Crippen LogP contribution in [0.5, 0.6) is 5.75 Å². The van der Waals surface area contributed by atoms with E-state index < -0.39 is 0 Å². The highest BCUT2D eigenvalue weighted by atomic mass is 16.5. The zero-order valence-electron chi connectivity index (χ0n) is 12.9. The quantitative estimate of drug-likeness (QED) is 0.606. The summed E-state index contributed by atoms with van der Waals surface area (Å²) in [5.74, 6) is 0.605. The Hall–Kier alpha value is -2.40. The number of pyridine rings is 1. The average molecular weight is 299 g/mol. The minimum absolute atomic E-state index is 0.00126. The Kier molecular flexibility index (Phi) is 5.49. The molecular formula is C17H21N3O2. The van der Waals surface area contributed by atoms with Crippen LogP contribution >= 0.6 is 0 Å². The molecule has 1 unspecified atom stereocenters. The first-order chi connectivity index (χ1) is 10.6. The van der Waals surface area contributed by atoms with Gasteiger partial charge in [-0.2, -0.15) is 0 Å². The van der Waals surface area contributed by atoms with Crippen molar-refractivity contribution in [2.45, 2.75) is 26.4 Å². The number of ketones is 1. The number of nitrogens with zero attached hydrogens (tertiary/aromatic N) is 1. The van der Waals surface area contributed by atoms with Gasteiger partial charge in [0.05, 0.1) is 18.3 Å². The van der Waals surface area contributed by atoms with Crippen LogP contribution in [-0.2, 0) is 6.54 Å². The molecule has 1 aromatic heterocycles. The normalized spacial score (nSPS) is 11.9. The summed E-state index contributed by atoms with van der Waals surface area (Å²) < 4.78 is 5.38. The van der Waals surface area contributed by atoms with E-state index in [2.05, 4.69) is 10.3 Å². The lowest BCUT2D eigenvalue weighted by molar-refractivity contribution is 0.0950. The summed E-state index contributed by atoms with van der Waals surface area (Å²) in [6, 6.07) is 8.67. The Labute approximate surface area is 130 Å². The van der Waals surface area contributed by atoms with E-state index >= 15 is 0 Å². The Morgan fingerprint density at radius 1 is 1.41 bits per heavy atom. The number of benzene rings is 1. The van der Waals surface area contributed by atoms with Crippen LogP contribution in [0.15, 0.2) is 42.7 Å². The zero-order chi connectivity index (χ0) is 15.9. The molecule has 2 rings (SSSR count). The zero-order valence-corrected chi connectivity index (χ0v) is 12.9. The monoisotopic (exact) mass is 299 g/mol. The minimum Gasteiger partial charge on any atom is -0.492 e. The lowest BCUT2D eigenvalue weighted by Crippen LogP contribution is -2.33. The molecule has 1 atom stereocenters. The van der Waals surface area contributed by atoms with Crippen molar-refractivity contribution >= 4 is 11.5 Å². The summed E-state index contributed by atoms with van der Waals surface area (Å²) in [6.07, 6.45) is 3.50. The van der Waals surface area contributed by atoms with Gasteiger partial charge in [-0.05, 0) is 43.7 Å². The molecule has 0 radical (unpaired) electrons. The van der Waals surface area contributed by atoms with Crippen molar-refractivity contribution in [1.29, 1.82) is 0 Å². The number of carbonyl (C=O) groups excluding carboxylic acids is 1. The molecule has 22 heavy (non-hydrogen) atoms. The third kappa shape index (κ3) is 4.05. The van der Waals surface area contributed by atoms with Crippen molar-refractivity contribution in [3.63, 3.8) is 0 Å². The van der Waals surface area contributed by atoms with Gasteiger partial charge in [0, 0.05) is 24.5 Å². The predicted molar refractivity (Wildman–Crippen MR) is 86.9 cm³/mol. The van der Waals surface area contributed by atoms with E-state index in [1.54, 1.807) is 30.6 Å². The lowest BCUT2D eigenvalue weighted by atomic mass is 10.0. The number of hydrogen-bond acceptors (Lipinski definition) is 5. The molecule has 1 heterocycles. The number of Topliss-reactive ketones (excluding diaryl/α,β-unsaturated/α-hetero) is 1. The number of anilines is 1. The molecule has 1 aromatic carbocycles. The van der Waals surface area contributed by atoms with Gasteiger partial charge in [-0.15, -0.1) is 0 Å². The van der Waals surface area contributed by atoms with E-state index in [0.717, 1.165) is 5.56 Å². The van der Waals surface area contributed by atoms with Crippen LogP contribution in [0, 0.1) is 0 Å². The maximum atomic E-state index is 12.4. The number of nitrogens with two attached hydrogens (primary N) is 1. The SMILES string of the molecule is CCOc1ccc(C(=O)C(C)NCc2cccnc2)cc1N. The number of nitrogens with one attached hydrogen (secondary N) is 1. The maximum Gasteiger partial charge on any atom is 0.179 e. The summed E-state index contributed by atoms with van der Waals surface area (Å²) in [4.78, 5) is 16.5. The molecule has 0 bridgehead atoms. The molecule has 5 heteroatoms. The van der Waals surface area contributed by atoms with E-state index in [0.29, 0.717) is 30.2 Å². The van der Waals surface area contributed by atoms with Crippen LogP contribution in [0.1, 0.15) is 29.8 Å². The van der Waals surface area contributed by atoms with Crippen LogP contribution in [0.4, 0.5) is 5.69 Å². The van der Waals surface area contributed by atoms with Gasteiger partial charge in [-0.25, -0.2) is 0 Å². The van der Waals surface area contributed by atoms with Crippen LogP contribution in [0.3, 0.4) is 0 Å². The van der Waals surface area contributed by atoms with E-state index in [1.807, 2.05) is 26.0 Å². The van der Waals surface area contributed by atoms with Gasteiger partial charge < -0.3 is 15.8 Å². The maximum absolute atomic E-state index is 12.4. The van der Waals surface area contributed by atoms with Gasteiger partial charge in [0.1, 0.15) is 5.75 Å². The largest absolute Gasteiger partial charge is 0.492 e. The van der Waals surface area contributed by atoms with Gasteiger partial charge in [0.2, 0.25) is 0 Å². The number of carbonyl (C=O) groups is 1. The highest BCUT2D eigenvalue weighted by Crippen LogP contribution is 2.23. The number of rotatable bonds is 7. The number of hydrogen-bond donors (Lipinski definition) is 2. The number of aromatic nitrogens is 1. The Morgan fingerprint density at radius 2 is 2.23 bits per heavy atom. The fourth-order valence-electron chi connectivity index (χ4n) is 2.11. The van der Waals surface area contributed by atoms with Crippen LogP contribution in [-0.4, -0.2) is 23.4 Å². The highest BCUT2D eigenvalue weighted by molar-refractivity contribution is 6.00. The van der Waals surface area contributed by atoms with Crippen LogP contribution in [0.25, 0.3) is 0 Å². The summed E-state index contributed by atoms with van der Waals surface area (Å²) in [7, 11) is 0. The van der Waals surface area contributed by atoms with Gasteiger partial charge in [-0.3, -0.25) is 9.78 Å². The molecule has 0 aliphatic carbocycles. The Balaban J connectivity index is 1.99. The second-order valence-electron chi connectivity index (χ2n) is 5.01. The van der Waals surface area contributed by atoms with Gasteiger partial charge in [-0.1, -0.05) is 6.07 Å². The second kappa shape index (κ2) is 7.56. The molecule has 0 aliphatic rings. The van der Waals surface area contributed by atoms with Crippen molar-refractivity contribution < 1.29 is 9.53 Å². The second-order valence-corrected chi connectivity index (χ2v) is 5.01. The molecular weight excluding hydrogens is 278 g/mol.